The van der Waals surface area contributed by atoms with E-state index < -0.39 is 66.8 Å². The topological polar surface area (TPSA) is 246 Å². The molecule has 0 saturated heterocycles. The summed E-state index contributed by atoms with van der Waals surface area (Å²) in [5.41, 5.74) is 7.62. The van der Waals surface area contributed by atoms with E-state index in [-0.39, 0.29) is 51.8 Å². The van der Waals surface area contributed by atoms with E-state index in [1.807, 2.05) is 6.92 Å². The zero-order chi connectivity index (χ0) is 44.3. The van der Waals surface area contributed by atoms with Gasteiger partial charge in [-0.15, -0.1) is 0 Å². The number of amidine groups is 1. The zero-order valence-electron chi connectivity index (χ0n) is 34.7. The second-order valence-corrected chi connectivity index (χ2v) is 14.9. The summed E-state index contributed by atoms with van der Waals surface area (Å²) in [6, 6.07) is 11.2. The number of ketones is 1. The van der Waals surface area contributed by atoms with Gasteiger partial charge in [-0.3, -0.25) is 29.9 Å². The number of nitrogens with two attached hydrogens (primary N) is 1. The minimum absolute atomic E-state index is 0.0924. The third-order valence-corrected chi connectivity index (χ3v) is 9.77. The van der Waals surface area contributed by atoms with E-state index in [4.69, 9.17) is 30.1 Å². The molecule has 16 nitrogen and oxygen atoms in total. The number of carbonyl (C=O) groups excluding carboxylic acids is 6. The summed E-state index contributed by atoms with van der Waals surface area (Å²) < 4.78 is 20.9. The molecule has 0 aliphatic heterocycles. The number of esters is 3. The van der Waals surface area contributed by atoms with Gasteiger partial charge in [-0.05, 0) is 71.2 Å². The van der Waals surface area contributed by atoms with Gasteiger partial charge in [-0.2, -0.15) is 0 Å². The first kappa shape index (κ1) is 46.4. The third kappa shape index (κ3) is 12.6. The van der Waals surface area contributed by atoms with Crippen molar-refractivity contribution in [2.45, 2.75) is 92.5 Å². The average molecular weight is 828 g/mol. The highest BCUT2D eigenvalue weighted by Gasteiger charge is 2.29. The molecule has 0 bridgehead atoms. The highest BCUT2D eigenvalue weighted by atomic mass is 16.7. The van der Waals surface area contributed by atoms with Gasteiger partial charge in [0.2, 0.25) is 12.6 Å². The minimum atomic E-state index is -1.40. The maximum atomic E-state index is 14.2. The summed E-state index contributed by atoms with van der Waals surface area (Å²) in [6.45, 7) is 13.4. The Morgan fingerprint density at radius 2 is 1.57 bits per heavy atom. The number of pyridine rings is 1. The average Bonchev–Trinajstić information content (AvgIpc) is 4.06. The van der Waals surface area contributed by atoms with Crippen molar-refractivity contribution in [3.8, 4) is 11.1 Å². The zero-order valence-corrected chi connectivity index (χ0v) is 34.7. The first-order valence-electron chi connectivity index (χ1n) is 19.7. The van der Waals surface area contributed by atoms with E-state index in [1.165, 1.54) is 56.3 Å². The first-order chi connectivity index (χ1) is 28.4. The number of aliphatic hydroxyl groups excluding tert-OH is 1. The van der Waals surface area contributed by atoms with Crippen molar-refractivity contribution in [1.29, 1.82) is 5.41 Å². The van der Waals surface area contributed by atoms with Crippen LogP contribution in [0.25, 0.3) is 17.2 Å². The van der Waals surface area contributed by atoms with Gasteiger partial charge < -0.3 is 35.1 Å². The van der Waals surface area contributed by atoms with Crippen LogP contribution < -0.4 is 16.4 Å². The molecule has 0 spiro atoms. The number of amides is 2. The Morgan fingerprint density at radius 3 is 2.17 bits per heavy atom. The van der Waals surface area contributed by atoms with Crippen LogP contribution >= 0.6 is 0 Å². The lowest BCUT2D eigenvalue weighted by molar-refractivity contribution is -0.169. The van der Waals surface area contributed by atoms with Gasteiger partial charge in [0.05, 0.1) is 12.5 Å². The van der Waals surface area contributed by atoms with Gasteiger partial charge in [-0.1, -0.05) is 71.0 Å². The molecular formula is C44H53N5O11. The molecule has 4 atom stereocenters. The number of Topliss-reactive ketones (excluding diaryl/α,β-unsaturated/α-hetero) is 1. The molecule has 2 amide bonds. The lowest BCUT2D eigenvalue weighted by Crippen LogP contribution is -2.40. The number of carbonyl (C=O) groups is 6. The van der Waals surface area contributed by atoms with E-state index in [0.29, 0.717) is 35.6 Å². The number of aromatic nitrogens is 1. The molecule has 60 heavy (non-hydrogen) atoms. The van der Waals surface area contributed by atoms with Crippen LogP contribution in [0.4, 0.5) is 4.79 Å². The number of alkyl carbamates (subject to hydrolysis) is 1. The highest BCUT2D eigenvalue weighted by Crippen LogP contribution is 2.33. The van der Waals surface area contributed by atoms with Gasteiger partial charge in [-0.25, -0.2) is 14.6 Å². The molecule has 1 heterocycles. The number of hydrogen-bond acceptors (Lipinski definition) is 14. The Kier molecular flexibility index (Phi) is 16.4. The summed E-state index contributed by atoms with van der Waals surface area (Å²) in [7, 11) is 0. The normalized spacial score (nSPS) is 14.2. The molecule has 2 aromatic carbocycles. The van der Waals surface area contributed by atoms with Crippen molar-refractivity contribution in [2.24, 2.45) is 23.5 Å². The molecule has 6 N–H and O–H groups in total. The van der Waals surface area contributed by atoms with Crippen LogP contribution in [0.2, 0.25) is 0 Å². The van der Waals surface area contributed by atoms with Crippen LogP contribution in [0.15, 0.2) is 55.1 Å². The molecular weight excluding hydrogens is 775 g/mol. The quantitative estimate of drug-likeness (QED) is 0.0332. The maximum Gasteiger partial charge on any atom is 0.415 e. The summed E-state index contributed by atoms with van der Waals surface area (Å²) in [5.74, 6) is -3.90. The van der Waals surface area contributed by atoms with Crippen LogP contribution in [0, 0.1) is 23.2 Å². The minimum Gasteiger partial charge on any atom is -0.425 e. The molecule has 320 valence electrons. The van der Waals surface area contributed by atoms with Crippen molar-refractivity contribution >= 4 is 47.6 Å². The fraction of sp³-hybridized carbons (Fsp3) is 0.409. The first-order valence-corrected chi connectivity index (χ1v) is 19.7. The van der Waals surface area contributed by atoms with E-state index in [1.54, 1.807) is 32.9 Å². The van der Waals surface area contributed by atoms with E-state index >= 15 is 0 Å². The number of ether oxygens (including phenoxy) is 4. The summed E-state index contributed by atoms with van der Waals surface area (Å²) >= 11 is 0. The predicted molar refractivity (Wildman–Crippen MR) is 220 cm³/mol. The van der Waals surface area contributed by atoms with E-state index in [2.05, 4.69) is 22.2 Å². The summed E-state index contributed by atoms with van der Waals surface area (Å²) in [4.78, 5) is 82.4. The second kappa shape index (κ2) is 21.1. The molecule has 1 aliphatic carbocycles. The monoisotopic (exact) mass is 827 g/mol. The third-order valence-electron chi connectivity index (χ3n) is 9.77. The number of aliphatic hydroxyl groups is 1. The fourth-order valence-electron chi connectivity index (χ4n) is 5.76. The Morgan fingerprint density at radius 1 is 0.917 bits per heavy atom. The van der Waals surface area contributed by atoms with Crippen molar-refractivity contribution in [3.63, 3.8) is 0 Å². The van der Waals surface area contributed by atoms with Gasteiger partial charge in [0.25, 0.3) is 5.91 Å². The molecule has 1 fully saturated rings. The van der Waals surface area contributed by atoms with Crippen LogP contribution in [0.1, 0.15) is 114 Å². The standard InChI is InChI=1S/C44H53N5O11/c1-8-24(5)37(45)42(54)58-25(6)59-43(55)38-32(16-17-35(48-38)40(52)47-21-28-10-11-28)33-20-31(22-50)29(9-2)19-34(33)36(51)18-27-12-14-30(15-13-27)39(46)49-44(56)60-26(7)57-41(53)23(3)4/h9,12-17,19-20,23-26,28,37,50H,2,8,10-11,18,21-22,45H2,1,3-7H3,(H,47,52)(H2,46,49,56)/t24?,25?,26?,37-/m0/s1. The SMILES string of the molecule is C=Cc1cc(C(=O)Cc2ccc(C(=N)NC(=O)OC(C)OC(=O)C(C)C)cc2)c(-c2ccc(C(=O)NCC3CC3)nc2C(=O)OC(C)OC(=O)[C@@H](N)C(C)CC)cc1CO. The number of nitrogens with one attached hydrogen (secondary N) is 3. The van der Waals surface area contributed by atoms with E-state index in [0.717, 1.165) is 12.8 Å². The van der Waals surface area contributed by atoms with Crippen LogP contribution in [0.3, 0.4) is 0 Å². The summed E-state index contributed by atoms with van der Waals surface area (Å²) in [5, 5.41) is 23.7. The van der Waals surface area contributed by atoms with Gasteiger partial charge in [0.15, 0.2) is 11.5 Å². The predicted octanol–water partition coefficient (Wildman–Crippen LogP) is 5.47. The Hall–Kier alpha value is -6.26. The molecule has 1 aromatic heterocycles. The van der Waals surface area contributed by atoms with Crippen molar-refractivity contribution < 1.29 is 52.8 Å². The number of hydrogen-bond donors (Lipinski definition) is 5. The van der Waals surface area contributed by atoms with Gasteiger partial charge >= 0.3 is 24.0 Å². The number of benzene rings is 2. The Labute approximate surface area is 348 Å². The van der Waals surface area contributed by atoms with Crippen LogP contribution in [0.5, 0.6) is 0 Å². The molecule has 3 unspecified atom stereocenters. The second-order valence-electron chi connectivity index (χ2n) is 14.9. The molecule has 0 radical (unpaired) electrons. The number of nitrogens with zero attached hydrogens (tertiary/aromatic N) is 1. The maximum absolute atomic E-state index is 14.2. The highest BCUT2D eigenvalue weighted by molar-refractivity contribution is 6.08. The molecule has 1 saturated carbocycles. The summed E-state index contributed by atoms with van der Waals surface area (Å²) in [6.07, 6.45) is 0.315. The Bertz CT molecular complexity index is 2110. The van der Waals surface area contributed by atoms with Crippen molar-refractivity contribution in [2.75, 3.05) is 6.54 Å². The lowest BCUT2D eigenvalue weighted by Gasteiger charge is -2.21. The van der Waals surface area contributed by atoms with Crippen molar-refractivity contribution in [3.05, 3.63) is 94.3 Å². The largest absolute Gasteiger partial charge is 0.425 e. The fourth-order valence-corrected chi connectivity index (χ4v) is 5.76. The molecule has 16 heteroatoms. The molecule has 4 rings (SSSR count). The van der Waals surface area contributed by atoms with Crippen LogP contribution in [-0.2, 0) is 41.6 Å². The molecule has 3 aromatic rings. The smallest absolute Gasteiger partial charge is 0.415 e. The van der Waals surface area contributed by atoms with Crippen molar-refractivity contribution in [1.82, 2.24) is 15.6 Å². The van der Waals surface area contributed by atoms with E-state index in [9.17, 15) is 33.9 Å². The van der Waals surface area contributed by atoms with Gasteiger partial charge in [0.1, 0.15) is 17.6 Å². The number of rotatable bonds is 19. The lowest BCUT2D eigenvalue weighted by atomic mass is 9.89. The molecule has 1 aliphatic rings. The van der Waals surface area contributed by atoms with Gasteiger partial charge in [0, 0.05) is 43.5 Å². The van der Waals surface area contributed by atoms with Crippen LogP contribution in [-0.4, -0.2) is 76.8 Å². The Balaban J connectivity index is 1.64.